The summed E-state index contributed by atoms with van der Waals surface area (Å²) < 4.78 is 0. The Morgan fingerprint density at radius 3 is 1.32 bits per heavy atom. The molecule has 0 bridgehead atoms. The molecule has 2 unspecified atom stereocenters. The molecule has 0 aromatic heterocycles. The monoisotopic (exact) mass is 322 g/mol. The van der Waals surface area contributed by atoms with Gasteiger partial charge in [-0.3, -0.25) is 0 Å². The van der Waals surface area contributed by atoms with Gasteiger partial charge in [-0.05, 0) is 39.0 Å². The van der Waals surface area contributed by atoms with E-state index in [4.69, 9.17) is 15.3 Å². The van der Waals surface area contributed by atoms with Gasteiger partial charge in [0.2, 0.25) is 0 Å². The van der Waals surface area contributed by atoms with Gasteiger partial charge in [-0.15, -0.1) is 0 Å². The van der Waals surface area contributed by atoms with E-state index in [1.807, 2.05) is 13.8 Å². The number of hydrogen-bond donors (Lipinski definition) is 4. The van der Waals surface area contributed by atoms with Gasteiger partial charge < -0.3 is 30.2 Å². The molecule has 0 amide bonds. The third kappa shape index (κ3) is 14.7. The predicted molar refractivity (Wildman–Crippen MR) is 91.0 cm³/mol. The fourth-order valence-electron chi connectivity index (χ4n) is 2.12. The van der Waals surface area contributed by atoms with Crippen LogP contribution in [0.15, 0.2) is 0 Å². The minimum absolute atomic E-state index is 0.135. The van der Waals surface area contributed by atoms with Crippen molar-refractivity contribution in [3.8, 4) is 0 Å². The summed E-state index contributed by atoms with van der Waals surface area (Å²) in [5.74, 6) is 0. The van der Waals surface area contributed by atoms with Crippen LogP contribution in [0, 0.1) is 0 Å². The molecule has 136 valence electrons. The van der Waals surface area contributed by atoms with Crippen LogP contribution in [-0.2, 0) is 0 Å². The third-order valence-corrected chi connectivity index (χ3v) is 3.33. The molecule has 0 saturated carbocycles. The van der Waals surface area contributed by atoms with Crippen molar-refractivity contribution in [2.45, 2.75) is 52.7 Å². The molecule has 0 aliphatic heterocycles. The highest BCUT2D eigenvalue weighted by Crippen LogP contribution is 1.96. The molecule has 0 saturated heterocycles. The van der Waals surface area contributed by atoms with Gasteiger partial charge in [0.05, 0.1) is 25.4 Å². The molecule has 0 spiro atoms. The Hall–Kier alpha value is -0.240. The van der Waals surface area contributed by atoms with Crippen molar-refractivity contribution in [3.05, 3.63) is 0 Å². The van der Waals surface area contributed by atoms with Crippen LogP contribution in [0.25, 0.3) is 0 Å². The molecule has 0 aromatic rings. The van der Waals surface area contributed by atoms with Crippen LogP contribution in [0.4, 0.5) is 0 Å². The zero-order valence-electron chi connectivity index (χ0n) is 14.9. The quantitative estimate of drug-likeness (QED) is 0.409. The Morgan fingerprint density at radius 1 is 0.682 bits per heavy atom. The fourth-order valence-corrected chi connectivity index (χ4v) is 2.12. The van der Waals surface area contributed by atoms with Crippen molar-refractivity contribution in [1.82, 2.24) is 9.80 Å². The van der Waals surface area contributed by atoms with Crippen LogP contribution < -0.4 is 0 Å². The maximum absolute atomic E-state index is 9.19. The topological polar surface area (TPSA) is 87.4 Å². The number of hydrogen-bond acceptors (Lipinski definition) is 6. The summed E-state index contributed by atoms with van der Waals surface area (Å²) >= 11 is 0. The molecule has 0 radical (unpaired) electrons. The number of aliphatic hydroxyl groups is 4. The van der Waals surface area contributed by atoms with Crippen molar-refractivity contribution < 1.29 is 20.4 Å². The molecule has 0 fully saturated rings. The van der Waals surface area contributed by atoms with Crippen molar-refractivity contribution in [1.29, 1.82) is 0 Å². The molecular formula is C16H38N2O4. The summed E-state index contributed by atoms with van der Waals surface area (Å²) in [5.41, 5.74) is 0. The summed E-state index contributed by atoms with van der Waals surface area (Å²) in [4.78, 5) is 4.25. The van der Waals surface area contributed by atoms with Gasteiger partial charge in [-0.2, -0.15) is 0 Å². The molecule has 22 heavy (non-hydrogen) atoms. The molecule has 6 nitrogen and oxygen atoms in total. The van der Waals surface area contributed by atoms with Crippen molar-refractivity contribution in [3.63, 3.8) is 0 Å². The summed E-state index contributed by atoms with van der Waals surface area (Å²) in [7, 11) is 0. The second kappa shape index (κ2) is 17.1. The Kier molecular flexibility index (Phi) is 18.7. The fraction of sp³-hybridized carbons (Fsp3) is 1.00. The smallest absolute Gasteiger partial charge is 0.0897 e. The molecule has 0 aromatic carbocycles. The maximum atomic E-state index is 9.19. The molecule has 0 aliphatic carbocycles. The number of likely N-dealkylation sites (N-methyl/N-ethyl adjacent to an activating group) is 1. The number of rotatable bonds is 12. The average molecular weight is 322 g/mol. The van der Waals surface area contributed by atoms with Crippen molar-refractivity contribution >= 4 is 0 Å². The first kappa shape index (κ1) is 24.0. The lowest BCUT2D eigenvalue weighted by Gasteiger charge is -2.22. The highest BCUT2D eigenvalue weighted by molar-refractivity contribution is 4.62. The lowest BCUT2D eigenvalue weighted by molar-refractivity contribution is 0.0591. The Morgan fingerprint density at radius 2 is 1.05 bits per heavy atom. The second-order valence-corrected chi connectivity index (χ2v) is 5.46. The van der Waals surface area contributed by atoms with Gasteiger partial charge in [0, 0.05) is 13.1 Å². The third-order valence-electron chi connectivity index (χ3n) is 3.33. The molecular weight excluding hydrogens is 284 g/mol. The van der Waals surface area contributed by atoms with Gasteiger partial charge in [0.15, 0.2) is 0 Å². The van der Waals surface area contributed by atoms with E-state index in [1.54, 1.807) is 0 Å². The van der Waals surface area contributed by atoms with E-state index in [0.29, 0.717) is 13.1 Å². The minimum Gasteiger partial charge on any atom is -0.394 e. The molecule has 0 rings (SSSR count). The van der Waals surface area contributed by atoms with E-state index in [2.05, 4.69) is 23.6 Å². The van der Waals surface area contributed by atoms with Crippen LogP contribution >= 0.6 is 0 Å². The van der Waals surface area contributed by atoms with Gasteiger partial charge in [-0.1, -0.05) is 27.7 Å². The number of nitrogens with zero attached hydrogens (tertiary/aromatic N) is 2. The normalized spacial score (nSPS) is 13.9. The van der Waals surface area contributed by atoms with Crippen molar-refractivity contribution in [2.24, 2.45) is 0 Å². The van der Waals surface area contributed by atoms with E-state index in [1.165, 1.54) is 0 Å². The van der Waals surface area contributed by atoms with Crippen LogP contribution in [0.3, 0.4) is 0 Å². The van der Waals surface area contributed by atoms with Gasteiger partial charge in [0.25, 0.3) is 0 Å². The van der Waals surface area contributed by atoms with E-state index in [-0.39, 0.29) is 13.2 Å². The highest BCUT2D eigenvalue weighted by atomic mass is 16.3. The lowest BCUT2D eigenvalue weighted by Crippen LogP contribution is -2.35. The Labute approximate surface area is 136 Å². The van der Waals surface area contributed by atoms with Gasteiger partial charge in [-0.25, -0.2) is 0 Å². The molecule has 2 atom stereocenters. The zero-order chi connectivity index (χ0) is 17.4. The maximum Gasteiger partial charge on any atom is 0.0897 e. The molecule has 6 heteroatoms. The van der Waals surface area contributed by atoms with Crippen molar-refractivity contribution in [2.75, 3.05) is 52.5 Å². The second-order valence-electron chi connectivity index (χ2n) is 5.46. The van der Waals surface area contributed by atoms with Gasteiger partial charge in [0.1, 0.15) is 0 Å². The summed E-state index contributed by atoms with van der Waals surface area (Å²) in [6, 6.07) is 0. The first-order chi connectivity index (χ1) is 10.5. The molecule has 4 N–H and O–H groups in total. The summed E-state index contributed by atoms with van der Waals surface area (Å²) in [5, 5.41) is 35.3. The SMILES string of the molecule is CCCN(CCC)CC(O)CO.CCN(CC)CC(O)CO. The summed E-state index contributed by atoms with van der Waals surface area (Å²) in [6.07, 6.45) is 1.03. The average Bonchev–Trinajstić information content (AvgIpc) is 2.53. The highest BCUT2D eigenvalue weighted by Gasteiger charge is 2.08. The van der Waals surface area contributed by atoms with Crippen LogP contribution in [0.5, 0.6) is 0 Å². The number of aliphatic hydroxyl groups excluding tert-OH is 4. The first-order valence-electron chi connectivity index (χ1n) is 8.51. The predicted octanol–water partition coefficient (Wildman–Crippen LogP) is 0.143. The first-order valence-corrected chi connectivity index (χ1v) is 8.51. The van der Waals surface area contributed by atoms with E-state index in [0.717, 1.165) is 39.0 Å². The standard InChI is InChI=1S/C9H21NO2.C7H17NO2/c1-3-5-10(6-4-2)7-9(12)8-11;1-3-8(4-2)5-7(10)6-9/h9,11-12H,3-8H2,1-2H3;7,9-10H,3-6H2,1-2H3. The minimum atomic E-state index is -0.583. The van der Waals surface area contributed by atoms with Crippen LogP contribution in [-0.4, -0.2) is 94.9 Å². The Bertz CT molecular complexity index is 210. The van der Waals surface area contributed by atoms with E-state index >= 15 is 0 Å². The van der Waals surface area contributed by atoms with E-state index < -0.39 is 12.2 Å². The van der Waals surface area contributed by atoms with Gasteiger partial charge >= 0.3 is 0 Å². The zero-order valence-corrected chi connectivity index (χ0v) is 14.9. The van der Waals surface area contributed by atoms with E-state index in [9.17, 15) is 5.11 Å². The lowest BCUT2D eigenvalue weighted by atomic mass is 10.3. The molecule has 0 heterocycles. The molecule has 0 aliphatic rings. The Balaban J connectivity index is 0. The van der Waals surface area contributed by atoms with Crippen LogP contribution in [0.1, 0.15) is 40.5 Å². The van der Waals surface area contributed by atoms with Crippen LogP contribution in [0.2, 0.25) is 0 Å². The largest absolute Gasteiger partial charge is 0.394 e. The summed E-state index contributed by atoms with van der Waals surface area (Å²) in [6.45, 7) is 13.1.